The zero-order valence-corrected chi connectivity index (χ0v) is 21.8. The van der Waals surface area contributed by atoms with Gasteiger partial charge in [-0.05, 0) is 61.6 Å². The molecule has 204 valence electrons. The van der Waals surface area contributed by atoms with Crippen LogP contribution in [0.5, 0.6) is 0 Å². The summed E-state index contributed by atoms with van der Waals surface area (Å²) in [4.78, 5) is 27.9. The quantitative estimate of drug-likeness (QED) is 0.289. The molecule has 9 heteroatoms. The van der Waals surface area contributed by atoms with Crippen LogP contribution in [0.15, 0.2) is 42.5 Å². The van der Waals surface area contributed by atoms with Crippen molar-refractivity contribution in [3.05, 3.63) is 70.8 Å². The fraction of sp³-hybridized carbons (Fsp3) is 0.500. The van der Waals surface area contributed by atoms with Crippen LogP contribution >= 0.6 is 0 Å². The second-order valence-corrected chi connectivity index (χ2v) is 9.20. The van der Waals surface area contributed by atoms with Crippen molar-refractivity contribution in [2.75, 3.05) is 26.2 Å². The number of nitrogens with zero attached hydrogens (tertiary/aromatic N) is 1. The molecule has 2 aromatic rings. The molecule has 0 radical (unpaired) electrons. The van der Waals surface area contributed by atoms with Crippen LogP contribution in [0.2, 0.25) is 0 Å². The van der Waals surface area contributed by atoms with Crippen molar-refractivity contribution < 1.29 is 28.6 Å². The lowest BCUT2D eigenvalue weighted by Crippen LogP contribution is -2.50. The number of carbonyl (C=O) groups excluding carboxylic acids is 2. The molecule has 0 heterocycles. The van der Waals surface area contributed by atoms with Crippen LogP contribution in [0.1, 0.15) is 66.3 Å². The molecule has 0 fully saturated rings. The van der Waals surface area contributed by atoms with Crippen LogP contribution in [0.25, 0.3) is 0 Å². The van der Waals surface area contributed by atoms with Crippen molar-refractivity contribution in [3.8, 4) is 0 Å². The molecule has 2 rings (SSSR count). The third-order valence-electron chi connectivity index (χ3n) is 6.13. The summed E-state index contributed by atoms with van der Waals surface area (Å²) in [6.07, 6.45) is 1.11. The number of hydrogen-bond acceptors (Lipinski definition) is 5. The molecule has 0 aliphatic heterocycles. The summed E-state index contributed by atoms with van der Waals surface area (Å²) in [7, 11) is 0. The van der Waals surface area contributed by atoms with Crippen molar-refractivity contribution >= 4 is 11.8 Å². The molecule has 2 aromatic carbocycles. The van der Waals surface area contributed by atoms with E-state index in [1.807, 2.05) is 20.8 Å². The van der Waals surface area contributed by atoms with Gasteiger partial charge in [0.05, 0.1) is 18.8 Å². The lowest BCUT2D eigenvalue weighted by atomic mass is 9.99. The van der Waals surface area contributed by atoms with E-state index in [-0.39, 0.29) is 42.6 Å². The van der Waals surface area contributed by atoms with Gasteiger partial charge < -0.3 is 25.7 Å². The van der Waals surface area contributed by atoms with E-state index in [9.17, 15) is 28.6 Å². The zero-order valence-electron chi connectivity index (χ0n) is 21.8. The highest BCUT2D eigenvalue weighted by Crippen LogP contribution is 2.14. The van der Waals surface area contributed by atoms with Gasteiger partial charge in [0.2, 0.25) is 0 Å². The zero-order chi connectivity index (χ0) is 27.4. The second-order valence-electron chi connectivity index (χ2n) is 9.20. The molecule has 0 bridgehead atoms. The molecule has 2 amide bonds. The number of aliphatic hydroxyl groups is 2. The average molecular weight is 520 g/mol. The van der Waals surface area contributed by atoms with Gasteiger partial charge in [-0.25, -0.2) is 8.78 Å². The van der Waals surface area contributed by atoms with Gasteiger partial charge in [0, 0.05) is 42.9 Å². The van der Waals surface area contributed by atoms with Gasteiger partial charge in [0.1, 0.15) is 11.6 Å². The number of benzene rings is 2. The Morgan fingerprint density at radius 3 is 2.16 bits per heavy atom. The molecule has 37 heavy (non-hydrogen) atoms. The first-order chi connectivity index (χ1) is 17.7. The first-order valence-corrected chi connectivity index (χ1v) is 12.9. The maximum Gasteiger partial charge on any atom is 0.253 e. The van der Waals surface area contributed by atoms with Gasteiger partial charge in [-0.3, -0.25) is 9.59 Å². The molecule has 3 atom stereocenters. The molecule has 0 aromatic heterocycles. The van der Waals surface area contributed by atoms with Crippen LogP contribution in [0.4, 0.5) is 8.78 Å². The lowest BCUT2D eigenvalue weighted by Gasteiger charge is -2.26. The molecule has 4 N–H and O–H groups in total. The van der Waals surface area contributed by atoms with Crippen LogP contribution in [0.3, 0.4) is 0 Å². The predicted molar refractivity (Wildman–Crippen MR) is 139 cm³/mol. The third kappa shape index (κ3) is 9.50. The van der Waals surface area contributed by atoms with Crippen molar-refractivity contribution in [3.63, 3.8) is 0 Å². The van der Waals surface area contributed by atoms with E-state index in [0.29, 0.717) is 25.1 Å². The normalized spacial score (nSPS) is 13.6. The highest BCUT2D eigenvalue weighted by atomic mass is 19.1. The number of halogens is 2. The number of carbonyl (C=O) groups is 2. The minimum atomic E-state index is -1.12. The topological polar surface area (TPSA) is 102 Å². The molecule has 0 aliphatic rings. The first kappa shape index (κ1) is 30.3. The standard InChI is InChI=1S/C28H39F2N3O4/c1-4-10-33(11-5-2)28(37)21-9-7-8-20(15-21)27(36)32-25(26(35)17-31-24(6-3)18-34)14-19-12-22(29)16-23(30)13-19/h7-9,12-13,15-16,24-26,31,34-35H,4-6,10-11,14,17-18H2,1-3H3,(H,32,36)/t24-,25-,26+/m0/s1. The van der Waals surface area contributed by atoms with Crippen molar-refractivity contribution in [1.29, 1.82) is 0 Å². The van der Waals surface area contributed by atoms with E-state index in [4.69, 9.17) is 0 Å². The highest BCUT2D eigenvalue weighted by molar-refractivity contribution is 5.99. The number of amides is 2. The van der Waals surface area contributed by atoms with Crippen LogP contribution < -0.4 is 10.6 Å². The largest absolute Gasteiger partial charge is 0.395 e. The highest BCUT2D eigenvalue weighted by Gasteiger charge is 2.24. The molecule has 7 nitrogen and oxygen atoms in total. The van der Waals surface area contributed by atoms with Gasteiger partial charge in [-0.15, -0.1) is 0 Å². The fourth-order valence-electron chi connectivity index (χ4n) is 4.12. The summed E-state index contributed by atoms with van der Waals surface area (Å²) in [5.41, 5.74) is 0.889. The first-order valence-electron chi connectivity index (χ1n) is 12.9. The number of hydrogen-bond donors (Lipinski definition) is 4. The summed E-state index contributed by atoms with van der Waals surface area (Å²) in [6.45, 7) is 7.02. The van der Waals surface area contributed by atoms with E-state index < -0.39 is 29.7 Å². The van der Waals surface area contributed by atoms with Gasteiger partial charge in [-0.1, -0.05) is 26.8 Å². The van der Waals surface area contributed by atoms with E-state index >= 15 is 0 Å². The summed E-state index contributed by atoms with van der Waals surface area (Å²) >= 11 is 0. The van der Waals surface area contributed by atoms with Gasteiger partial charge in [0.25, 0.3) is 11.8 Å². The Morgan fingerprint density at radius 1 is 0.973 bits per heavy atom. The summed E-state index contributed by atoms with van der Waals surface area (Å²) < 4.78 is 27.6. The van der Waals surface area contributed by atoms with E-state index in [0.717, 1.165) is 31.0 Å². The molecular weight excluding hydrogens is 480 g/mol. The van der Waals surface area contributed by atoms with Crippen LogP contribution in [-0.2, 0) is 6.42 Å². The Kier molecular flexibility index (Phi) is 12.6. The maximum atomic E-state index is 13.8. The minimum Gasteiger partial charge on any atom is -0.395 e. The molecule has 0 unspecified atom stereocenters. The minimum absolute atomic E-state index is 0.0292. The second kappa shape index (κ2) is 15.4. The summed E-state index contributed by atoms with van der Waals surface area (Å²) in [6, 6.07) is 8.29. The van der Waals surface area contributed by atoms with E-state index in [1.165, 1.54) is 6.07 Å². The summed E-state index contributed by atoms with van der Waals surface area (Å²) in [5.74, 6) is -2.20. The van der Waals surface area contributed by atoms with Crippen LogP contribution in [0, 0.1) is 11.6 Å². The Hall–Kier alpha value is -2.88. The number of nitrogens with one attached hydrogen (secondary N) is 2. The molecule has 0 spiro atoms. The van der Waals surface area contributed by atoms with Crippen molar-refractivity contribution in [1.82, 2.24) is 15.5 Å². The van der Waals surface area contributed by atoms with Gasteiger partial charge in [-0.2, -0.15) is 0 Å². The lowest BCUT2D eigenvalue weighted by molar-refractivity contribution is 0.0755. The monoisotopic (exact) mass is 519 g/mol. The van der Waals surface area contributed by atoms with Crippen molar-refractivity contribution in [2.45, 2.75) is 64.6 Å². The van der Waals surface area contributed by atoms with Crippen LogP contribution in [-0.4, -0.2) is 71.4 Å². The average Bonchev–Trinajstić information content (AvgIpc) is 2.87. The fourth-order valence-corrected chi connectivity index (χ4v) is 4.12. The van der Waals surface area contributed by atoms with Gasteiger partial charge >= 0.3 is 0 Å². The van der Waals surface area contributed by atoms with E-state index in [2.05, 4.69) is 10.6 Å². The number of aliphatic hydroxyl groups excluding tert-OH is 2. The smallest absolute Gasteiger partial charge is 0.253 e. The Labute approximate surface area is 217 Å². The van der Waals surface area contributed by atoms with Gasteiger partial charge in [0.15, 0.2) is 0 Å². The molecule has 0 aliphatic carbocycles. The van der Waals surface area contributed by atoms with Crippen molar-refractivity contribution in [2.24, 2.45) is 0 Å². The Morgan fingerprint density at radius 2 is 1.59 bits per heavy atom. The van der Waals surface area contributed by atoms with E-state index in [1.54, 1.807) is 23.1 Å². The Bertz CT molecular complexity index is 990. The number of rotatable bonds is 15. The molecule has 0 saturated carbocycles. The maximum absolute atomic E-state index is 13.8. The molecule has 0 saturated heterocycles. The molecular formula is C28H39F2N3O4. The SMILES string of the molecule is CCCN(CCC)C(=O)c1cccc(C(=O)N[C@@H](Cc2cc(F)cc(F)c2)[C@H](O)CN[C@@H](CC)CO)c1. The Balaban J connectivity index is 2.25. The summed E-state index contributed by atoms with van der Waals surface area (Å²) in [5, 5.41) is 26.1. The predicted octanol–water partition coefficient (Wildman–Crippen LogP) is 3.29. The third-order valence-corrected chi connectivity index (χ3v) is 6.13.